The van der Waals surface area contributed by atoms with Crippen LogP contribution in [-0.2, 0) is 64.1 Å². The van der Waals surface area contributed by atoms with Gasteiger partial charge in [0.05, 0.1) is 50.1 Å². The number of benzene rings is 6. The largest absolute Gasteiger partial charge is 0.476 e. The third-order valence-electron chi connectivity index (χ3n) is 15.1. The Hall–Kier alpha value is -9.16. The van der Waals surface area contributed by atoms with Crippen molar-refractivity contribution in [1.29, 1.82) is 0 Å². The van der Waals surface area contributed by atoms with Crippen LogP contribution in [0.5, 0.6) is 0 Å². The molecular formula is C76H74F2O8. The molecule has 0 amide bonds. The molecule has 440 valence electrons. The summed E-state index contributed by atoms with van der Waals surface area (Å²) in [6, 6.07) is 41.5. The molecule has 8 rings (SSSR count). The monoisotopic (exact) mass is 1150 g/mol. The van der Waals surface area contributed by atoms with Crippen molar-refractivity contribution in [1.82, 2.24) is 0 Å². The molecule has 0 aliphatic heterocycles. The lowest BCUT2D eigenvalue weighted by Crippen LogP contribution is -2.20. The summed E-state index contributed by atoms with van der Waals surface area (Å²) >= 11 is 0. The highest BCUT2D eigenvalue weighted by atomic mass is 19.1. The molecule has 6 aromatic carbocycles. The highest BCUT2D eigenvalue weighted by Crippen LogP contribution is 2.33. The van der Waals surface area contributed by atoms with Crippen molar-refractivity contribution in [3.63, 3.8) is 0 Å². The molecule has 2 fully saturated rings. The molecule has 0 aromatic heterocycles. The Morgan fingerprint density at radius 2 is 0.709 bits per heavy atom. The quantitative estimate of drug-likeness (QED) is 0.0166. The summed E-state index contributed by atoms with van der Waals surface area (Å²) in [5.41, 5.74) is 9.79. The zero-order chi connectivity index (χ0) is 60.6. The average Bonchev–Trinajstić information content (AvgIpc) is 3.62. The summed E-state index contributed by atoms with van der Waals surface area (Å²) < 4.78 is 60.4. The van der Waals surface area contributed by atoms with E-state index in [-0.39, 0.29) is 25.5 Å². The van der Waals surface area contributed by atoms with Gasteiger partial charge in [-0.3, -0.25) is 0 Å². The van der Waals surface area contributed by atoms with Crippen LogP contribution in [0.3, 0.4) is 0 Å². The lowest BCUT2D eigenvalue weighted by molar-refractivity contribution is -0.140. The zero-order valence-corrected chi connectivity index (χ0v) is 48.9. The average molecular weight is 1150 g/mol. The first-order valence-corrected chi connectivity index (χ1v) is 29.3. The second kappa shape index (κ2) is 35.9. The number of carbonyl (C=O) groups is 2. The Balaban J connectivity index is 0.000000246. The fourth-order valence-electron chi connectivity index (χ4n) is 9.98. The first-order valence-electron chi connectivity index (χ1n) is 29.3. The Morgan fingerprint density at radius 1 is 0.407 bits per heavy atom. The number of hydrogen-bond donors (Lipinski definition) is 0. The van der Waals surface area contributed by atoms with Gasteiger partial charge < -0.3 is 28.4 Å². The minimum Gasteiger partial charge on any atom is -0.476 e. The number of aryl methyl sites for hydroxylation is 2. The number of halogens is 2. The van der Waals surface area contributed by atoms with Crippen molar-refractivity contribution in [3.05, 3.63) is 263 Å². The lowest BCUT2D eigenvalue weighted by Gasteiger charge is -2.28. The van der Waals surface area contributed by atoms with E-state index in [2.05, 4.69) is 97.9 Å². The Bertz CT molecular complexity index is 3220. The van der Waals surface area contributed by atoms with Crippen molar-refractivity contribution >= 4 is 11.9 Å². The van der Waals surface area contributed by atoms with Crippen molar-refractivity contribution < 1.29 is 46.8 Å². The number of esters is 2. The molecule has 2 saturated carbocycles. The van der Waals surface area contributed by atoms with Crippen LogP contribution in [0.4, 0.5) is 8.78 Å². The maximum atomic E-state index is 14.7. The molecule has 0 spiro atoms. The number of rotatable bonds is 22. The molecule has 0 heterocycles. The van der Waals surface area contributed by atoms with Crippen LogP contribution in [0.25, 0.3) is 0 Å². The van der Waals surface area contributed by atoms with Crippen molar-refractivity contribution in [3.8, 4) is 47.4 Å². The summed E-state index contributed by atoms with van der Waals surface area (Å²) in [5, 5.41) is 0. The number of ether oxygens (including phenoxy) is 6. The molecular weight excluding hydrogens is 1080 g/mol. The highest BCUT2D eigenvalue weighted by Gasteiger charge is 2.23. The van der Waals surface area contributed by atoms with Gasteiger partial charge in [0.15, 0.2) is 13.6 Å². The zero-order valence-electron chi connectivity index (χ0n) is 48.9. The molecule has 6 aromatic rings. The van der Waals surface area contributed by atoms with Gasteiger partial charge >= 0.3 is 11.9 Å². The molecule has 0 saturated heterocycles. The molecule has 0 radical (unpaired) electrons. The fourth-order valence-corrected chi connectivity index (χ4v) is 9.98. The Morgan fingerprint density at radius 3 is 1.03 bits per heavy atom. The molecule has 0 atom stereocenters. The van der Waals surface area contributed by atoms with Crippen LogP contribution in [-0.4, -0.2) is 38.7 Å². The van der Waals surface area contributed by atoms with Crippen LogP contribution in [0.2, 0.25) is 0 Å². The van der Waals surface area contributed by atoms with E-state index in [1.807, 2.05) is 72.8 Å². The smallest absolute Gasteiger partial charge is 0.330 e. The fraction of sp³-hybridized carbons (Fsp3) is 0.289. The molecule has 2 aliphatic carbocycles. The van der Waals surface area contributed by atoms with Crippen LogP contribution >= 0.6 is 0 Å². The first-order chi connectivity index (χ1) is 42.0. The van der Waals surface area contributed by atoms with Crippen LogP contribution in [0.1, 0.15) is 131 Å². The van der Waals surface area contributed by atoms with E-state index in [0.29, 0.717) is 72.4 Å². The Labute approximate surface area is 507 Å². The van der Waals surface area contributed by atoms with Gasteiger partial charge in [-0.25, -0.2) is 18.4 Å². The summed E-state index contributed by atoms with van der Waals surface area (Å²) in [5.74, 6) is 25.1. The topological polar surface area (TPSA) is 89.5 Å². The van der Waals surface area contributed by atoms with E-state index in [0.717, 1.165) is 84.7 Å². The van der Waals surface area contributed by atoms with Gasteiger partial charge in [0.1, 0.15) is 11.6 Å². The normalized spacial score (nSPS) is 15.7. The summed E-state index contributed by atoms with van der Waals surface area (Å²) in [6.07, 6.45) is 18.6. The molecule has 86 heavy (non-hydrogen) atoms. The van der Waals surface area contributed by atoms with E-state index < -0.39 is 11.6 Å². The lowest BCUT2D eigenvalue weighted by atomic mass is 9.80. The summed E-state index contributed by atoms with van der Waals surface area (Å²) in [6.45, 7) is 16.0. The first kappa shape index (κ1) is 64.4. The molecule has 8 nitrogen and oxygen atoms in total. The molecule has 0 unspecified atom stereocenters. The Kier molecular flexibility index (Phi) is 26.9. The van der Waals surface area contributed by atoms with Crippen molar-refractivity contribution in [2.75, 3.05) is 26.8 Å². The van der Waals surface area contributed by atoms with Crippen molar-refractivity contribution in [2.24, 2.45) is 23.7 Å². The summed E-state index contributed by atoms with van der Waals surface area (Å²) in [4.78, 5) is 22.5. The van der Waals surface area contributed by atoms with E-state index in [1.54, 1.807) is 24.3 Å². The van der Waals surface area contributed by atoms with E-state index in [9.17, 15) is 18.4 Å². The highest BCUT2D eigenvalue weighted by molar-refractivity contribution is 5.81. The predicted molar refractivity (Wildman–Crippen MR) is 334 cm³/mol. The van der Waals surface area contributed by atoms with Gasteiger partial charge in [0, 0.05) is 45.5 Å². The van der Waals surface area contributed by atoms with Gasteiger partial charge in [-0.05, 0) is 182 Å². The predicted octanol–water partition coefficient (Wildman–Crippen LogP) is 15.5. The van der Waals surface area contributed by atoms with Crippen LogP contribution in [0.15, 0.2) is 184 Å². The molecule has 2 aliphatic rings. The van der Waals surface area contributed by atoms with Crippen LogP contribution < -0.4 is 0 Å². The maximum absolute atomic E-state index is 14.7. The van der Waals surface area contributed by atoms with E-state index in [1.165, 1.54) is 73.6 Å². The van der Waals surface area contributed by atoms with Crippen molar-refractivity contribution in [2.45, 2.75) is 90.3 Å². The van der Waals surface area contributed by atoms with Gasteiger partial charge in [-0.2, -0.15) is 0 Å². The van der Waals surface area contributed by atoms with E-state index in [4.69, 9.17) is 28.4 Å². The van der Waals surface area contributed by atoms with Gasteiger partial charge in [0.25, 0.3) is 0 Å². The second-order valence-electron chi connectivity index (χ2n) is 21.3. The maximum Gasteiger partial charge on any atom is 0.330 e. The van der Waals surface area contributed by atoms with E-state index >= 15 is 0 Å². The van der Waals surface area contributed by atoms with Gasteiger partial charge in [0.2, 0.25) is 0 Å². The SMILES string of the molecule is C=COCOCc1ccc(C#Cc2ccc(C#Cc3ccc(CCC4CCC(COC(=O)C=C)CC4)cc3)cc2F)cc1.C=COCOCc1ccc(C#Cc2ccc(C#Cc3ccc(CCC4CCC(COC(=O)C=C)CC4)cc3)cc2F)cc1. The third kappa shape index (κ3) is 23.1. The molecule has 10 heteroatoms. The number of hydrogen-bond acceptors (Lipinski definition) is 8. The minimum absolute atomic E-state index is 0.153. The molecule has 0 N–H and O–H groups in total. The number of carbonyl (C=O) groups excluding carboxylic acids is 2. The van der Waals surface area contributed by atoms with Gasteiger partial charge in [-0.1, -0.05) is 148 Å². The molecule has 0 bridgehead atoms. The standard InChI is InChI=1S/2C38H37FO4/c2*1-3-38(40)43-27-35-19-14-31(15-20-35)10-7-29-5-8-30(9-6-29)11-16-33-22-24-36(37(39)25-33)23-21-32-12-17-34(18-13-32)26-42-28-41-4-2/h2*3-6,8-9,12-13,17-18,22,24-25,31,35H,1-2,7,10,14-15,19-20,26-28H2. The second-order valence-corrected chi connectivity index (χ2v) is 21.3. The third-order valence-corrected chi connectivity index (χ3v) is 15.1. The minimum atomic E-state index is -0.395. The van der Waals surface area contributed by atoms with Crippen LogP contribution in [0, 0.1) is 82.7 Å². The van der Waals surface area contributed by atoms with Gasteiger partial charge in [-0.15, -0.1) is 0 Å². The summed E-state index contributed by atoms with van der Waals surface area (Å²) in [7, 11) is 0.